The molecular weight excluding hydrogens is 316 g/mol. The molecule has 2 aromatic rings. The molecule has 0 aliphatic heterocycles. The Morgan fingerprint density at radius 3 is 1.05 bits per heavy atom. The van der Waals surface area contributed by atoms with Crippen LogP contribution in [0, 0.1) is 48.0 Å². The topological polar surface area (TPSA) is 0 Å². The summed E-state index contributed by atoms with van der Waals surface area (Å²) in [5.74, 6) is 0. The van der Waals surface area contributed by atoms with Crippen molar-refractivity contribution in [2.24, 2.45) is 0 Å². The Kier molecular flexibility index (Phi) is 18.5. The van der Waals surface area contributed by atoms with Crippen LogP contribution < -0.4 is 0 Å². The summed E-state index contributed by atoms with van der Waals surface area (Å²) in [6, 6.07) is 8.81. The Labute approximate surface area is 157 Å². The van der Waals surface area contributed by atoms with Gasteiger partial charge in [0.1, 0.15) is 0 Å². The van der Waals surface area contributed by atoms with Crippen molar-refractivity contribution in [3.05, 3.63) is 64.1 Å². The Bertz CT molecular complexity index is 409. The molecule has 0 atom stereocenters. The van der Waals surface area contributed by atoms with Gasteiger partial charge >= 0.3 is 21.7 Å². The molecule has 2 heteroatoms. The van der Waals surface area contributed by atoms with Crippen molar-refractivity contribution in [3.8, 4) is 0 Å². The first kappa shape index (κ1) is 26.4. The molecule has 0 unspecified atom stereocenters. The van der Waals surface area contributed by atoms with Crippen LogP contribution in [0.2, 0.25) is 0 Å². The molecule has 0 fully saturated rings. The molecule has 0 aliphatic carbocycles. The molecule has 0 spiro atoms. The van der Waals surface area contributed by atoms with Gasteiger partial charge in [-0.05, 0) is 0 Å². The van der Waals surface area contributed by atoms with Crippen molar-refractivity contribution in [1.82, 2.24) is 0 Å². The van der Waals surface area contributed by atoms with E-state index in [9.17, 15) is 0 Å². The summed E-state index contributed by atoms with van der Waals surface area (Å²) in [5.41, 5.74) is 8.37. The van der Waals surface area contributed by atoms with Crippen LogP contribution in [-0.2, 0) is 21.7 Å². The van der Waals surface area contributed by atoms with E-state index in [0.717, 1.165) is 0 Å². The van der Waals surface area contributed by atoms with Crippen LogP contribution in [0.4, 0.5) is 0 Å². The number of rotatable bonds is 0. The Hall–Kier alpha value is -0.499. The Morgan fingerprint density at radius 2 is 1.00 bits per heavy atom. The molecule has 2 rings (SSSR count). The number of hydrogen-bond donors (Lipinski definition) is 0. The second-order valence-corrected chi connectivity index (χ2v) is 5.37. The van der Waals surface area contributed by atoms with Gasteiger partial charge in [-0.2, -0.15) is 59.4 Å². The second kappa shape index (κ2) is 15.4. The zero-order valence-corrected chi connectivity index (χ0v) is 18.6. The second-order valence-electron chi connectivity index (χ2n) is 5.37. The molecule has 2 aromatic carbocycles. The largest absolute Gasteiger partial charge is 4.00 e. The molecule has 120 valence electrons. The Morgan fingerprint density at radius 1 is 0.773 bits per heavy atom. The van der Waals surface area contributed by atoms with Gasteiger partial charge in [0.05, 0.1) is 0 Å². The molecule has 0 radical (unpaired) electrons. The first-order valence-electron chi connectivity index (χ1n) is 7.37. The van der Waals surface area contributed by atoms with Crippen LogP contribution in [0.15, 0.2) is 24.3 Å². The molecule has 0 nitrogen and oxygen atoms in total. The van der Waals surface area contributed by atoms with Crippen LogP contribution >= 0.6 is 0 Å². The minimum absolute atomic E-state index is 0. The van der Waals surface area contributed by atoms with Crippen LogP contribution in [0.3, 0.4) is 0 Å². The third-order valence-corrected chi connectivity index (χ3v) is 3.02. The maximum atomic E-state index is 4.53. The Balaban J connectivity index is -0.000000247. The van der Waals surface area contributed by atoms with E-state index < -0.39 is 0 Å². The molecule has 0 bridgehead atoms. The summed E-state index contributed by atoms with van der Waals surface area (Å²) in [6.07, 6.45) is 6.53. The van der Waals surface area contributed by atoms with Crippen molar-refractivity contribution in [2.45, 2.75) is 55.4 Å². The summed E-state index contributed by atoms with van der Waals surface area (Å²) in [4.78, 5) is 0. The van der Waals surface area contributed by atoms with E-state index in [2.05, 4.69) is 72.0 Å². The van der Waals surface area contributed by atoms with E-state index in [1.54, 1.807) is 0 Å². The molecule has 0 heterocycles. The van der Waals surface area contributed by atoms with E-state index in [4.69, 9.17) is 0 Å². The smallest absolute Gasteiger partial charge is 0.533 e. The van der Waals surface area contributed by atoms with Gasteiger partial charge in [0, 0.05) is 0 Å². The van der Waals surface area contributed by atoms with Crippen LogP contribution in [-0.4, -0.2) is 16.0 Å². The number of hydrogen-bond acceptors (Lipinski definition) is 0. The van der Waals surface area contributed by atoms with Crippen molar-refractivity contribution >= 4 is 16.0 Å². The van der Waals surface area contributed by atoms with Gasteiger partial charge in [0.25, 0.3) is 0 Å². The fourth-order valence-electron chi connectivity index (χ4n) is 1.90. The summed E-state index contributed by atoms with van der Waals surface area (Å²) >= 11 is 0. The van der Waals surface area contributed by atoms with Gasteiger partial charge < -0.3 is 12.6 Å². The zero-order valence-electron chi connectivity index (χ0n) is 15.7. The molecule has 0 amide bonds. The van der Waals surface area contributed by atoms with Crippen molar-refractivity contribution in [2.75, 3.05) is 0 Å². The summed E-state index contributed by atoms with van der Waals surface area (Å²) < 4.78 is 0. The van der Waals surface area contributed by atoms with E-state index in [-0.39, 0.29) is 21.7 Å². The van der Waals surface area contributed by atoms with E-state index >= 15 is 0 Å². The van der Waals surface area contributed by atoms with Gasteiger partial charge in [-0.1, -0.05) is 41.5 Å². The average molecular weight is 348 g/mol. The van der Waals surface area contributed by atoms with Gasteiger partial charge in [-0.25, -0.2) is 22.0 Å². The van der Waals surface area contributed by atoms with Crippen LogP contribution in [0.25, 0.3) is 0 Å². The molecule has 0 aliphatic rings. The average Bonchev–Trinajstić information content (AvgIpc) is 2.85. The first-order valence-corrected chi connectivity index (χ1v) is 8.19. The fourth-order valence-corrected chi connectivity index (χ4v) is 1.90. The SMILES string of the molecule is C[CH-]C.Cc1cc(C)c(C)[cH-]1.Cc1cc(C)c(C)[cH-]1.[CH-]=[SiH2].[Ti+4]. The first-order chi connectivity index (χ1) is 9.81. The minimum Gasteiger partial charge on any atom is -0.533 e. The molecular formula is C20H32SiTi. The van der Waals surface area contributed by atoms with E-state index in [1.165, 1.54) is 43.2 Å². The van der Waals surface area contributed by atoms with Gasteiger partial charge in [0.15, 0.2) is 0 Å². The van der Waals surface area contributed by atoms with Gasteiger partial charge in [0.2, 0.25) is 0 Å². The molecule has 0 saturated carbocycles. The van der Waals surface area contributed by atoms with Gasteiger partial charge in [-0.15, -0.1) is 0 Å². The van der Waals surface area contributed by atoms with E-state index in [0.29, 0.717) is 0 Å². The molecule has 0 N–H and O–H groups in total. The molecule has 22 heavy (non-hydrogen) atoms. The predicted octanol–water partition coefficient (Wildman–Crippen LogP) is 4.82. The van der Waals surface area contributed by atoms with Crippen molar-refractivity contribution < 1.29 is 21.7 Å². The third kappa shape index (κ3) is 12.1. The van der Waals surface area contributed by atoms with E-state index in [1.807, 2.05) is 20.3 Å². The van der Waals surface area contributed by atoms with Crippen molar-refractivity contribution in [3.63, 3.8) is 0 Å². The quantitative estimate of drug-likeness (QED) is 0.473. The van der Waals surface area contributed by atoms with Crippen molar-refractivity contribution in [1.29, 1.82) is 0 Å². The third-order valence-electron chi connectivity index (χ3n) is 3.02. The number of aryl methyl sites for hydroxylation is 6. The van der Waals surface area contributed by atoms with Gasteiger partial charge in [-0.3, -0.25) is 0 Å². The monoisotopic (exact) mass is 348 g/mol. The summed E-state index contributed by atoms with van der Waals surface area (Å²) in [6.45, 7) is 16.8. The summed E-state index contributed by atoms with van der Waals surface area (Å²) in [5, 5.41) is 0. The van der Waals surface area contributed by atoms with Crippen LogP contribution in [0.5, 0.6) is 0 Å². The standard InChI is InChI=1S/2C8H11.C3H7.CH3Si.Ti/c2*1-6-4-7(2)8(3)5-6;1-3-2;1-2;/h2*4-5H,1-3H3;3H,1-2H3;1H,2H2;/q4*-1;+4. The fraction of sp³-hybridized carbons (Fsp3) is 0.400. The molecule has 0 aromatic heterocycles. The minimum atomic E-state index is 0. The molecule has 0 saturated heterocycles. The normalized spacial score (nSPS) is 8.18. The maximum Gasteiger partial charge on any atom is 4.00 e. The van der Waals surface area contributed by atoms with Crippen LogP contribution in [0.1, 0.15) is 47.2 Å². The maximum absolute atomic E-state index is 4.53. The summed E-state index contributed by atoms with van der Waals surface area (Å²) in [7, 11) is 1.36. The predicted molar refractivity (Wildman–Crippen MR) is 103 cm³/mol. The zero-order chi connectivity index (χ0) is 17.0.